The number of halogens is 1. The minimum Gasteiger partial charge on any atom is -0.467 e. The van der Waals surface area contributed by atoms with Crippen LogP contribution in [-0.4, -0.2) is 21.6 Å². The lowest BCUT2D eigenvalue weighted by Crippen LogP contribution is -2.28. The van der Waals surface area contributed by atoms with Gasteiger partial charge < -0.3 is 14.8 Å². The van der Waals surface area contributed by atoms with E-state index in [1.54, 1.807) is 42.7 Å². The Kier molecular flexibility index (Phi) is 4.75. The van der Waals surface area contributed by atoms with Gasteiger partial charge in [-0.15, -0.1) is 0 Å². The van der Waals surface area contributed by atoms with Crippen LogP contribution in [0.25, 0.3) is 0 Å². The molecule has 0 bridgehead atoms. The smallest absolute Gasteiger partial charge is 0.149 e. The topological polar surface area (TPSA) is 71.2 Å². The molecule has 5 nitrogen and oxygen atoms in total. The Labute approximate surface area is 132 Å². The van der Waals surface area contributed by atoms with Crippen molar-refractivity contribution in [3.63, 3.8) is 0 Å². The van der Waals surface area contributed by atoms with Gasteiger partial charge >= 0.3 is 0 Å². The normalized spacial score (nSPS) is 13.7. The number of aliphatic hydroxyl groups excluding tert-OH is 1. The molecule has 0 fully saturated rings. The highest BCUT2D eigenvalue weighted by atomic mass is 19.1. The van der Waals surface area contributed by atoms with Crippen molar-refractivity contribution < 1.29 is 13.9 Å². The molecular formula is C17H16FN3O2. The molecule has 0 amide bonds. The highest BCUT2D eigenvalue weighted by molar-refractivity contribution is 5.25. The Morgan fingerprint density at radius 3 is 2.48 bits per heavy atom. The first-order valence-corrected chi connectivity index (χ1v) is 7.21. The van der Waals surface area contributed by atoms with Crippen molar-refractivity contribution in [2.75, 3.05) is 6.54 Å². The van der Waals surface area contributed by atoms with E-state index < -0.39 is 6.10 Å². The Bertz CT molecular complexity index is 717. The van der Waals surface area contributed by atoms with Gasteiger partial charge in [0.15, 0.2) is 0 Å². The van der Waals surface area contributed by atoms with Gasteiger partial charge in [0.05, 0.1) is 12.3 Å². The molecule has 1 aromatic carbocycles. The first kappa shape index (κ1) is 15.3. The summed E-state index contributed by atoms with van der Waals surface area (Å²) in [5.41, 5.74) is 0.809. The second-order valence-corrected chi connectivity index (χ2v) is 5.03. The van der Waals surface area contributed by atoms with Gasteiger partial charge in [-0.1, -0.05) is 12.1 Å². The molecule has 6 heteroatoms. The maximum atomic E-state index is 13.1. The number of nitrogens with one attached hydrogen (secondary N) is 1. The highest BCUT2D eigenvalue weighted by Crippen LogP contribution is 2.20. The minimum atomic E-state index is -0.795. The van der Waals surface area contributed by atoms with Gasteiger partial charge in [0, 0.05) is 18.9 Å². The average molecular weight is 313 g/mol. The minimum absolute atomic E-state index is 0.244. The van der Waals surface area contributed by atoms with Crippen LogP contribution in [0.3, 0.4) is 0 Å². The number of aliphatic hydroxyl groups is 1. The van der Waals surface area contributed by atoms with Crippen molar-refractivity contribution in [3.8, 4) is 0 Å². The van der Waals surface area contributed by atoms with Gasteiger partial charge in [-0.05, 0) is 35.9 Å². The number of hydrogen-bond donors (Lipinski definition) is 2. The number of nitrogens with zero attached hydrogens (tertiary/aromatic N) is 2. The van der Waals surface area contributed by atoms with Crippen LogP contribution in [0.5, 0.6) is 0 Å². The van der Waals surface area contributed by atoms with Crippen molar-refractivity contribution in [2.24, 2.45) is 0 Å². The van der Waals surface area contributed by atoms with E-state index in [0.29, 0.717) is 11.6 Å². The molecule has 3 aromatic rings. The second kappa shape index (κ2) is 7.13. The van der Waals surface area contributed by atoms with E-state index in [0.717, 1.165) is 5.56 Å². The maximum Gasteiger partial charge on any atom is 0.149 e. The van der Waals surface area contributed by atoms with Crippen LogP contribution in [-0.2, 0) is 0 Å². The number of hydrogen-bond acceptors (Lipinski definition) is 5. The van der Waals surface area contributed by atoms with E-state index in [-0.39, 0.29) is 18.4 Å². The zero-order valence-electron chi connectivity index (χ0n) is 12.3. The van der Waals surface area contributed by atoms with Gasteiger partial charge in [-0.2, -0.15) is 0 Å². The summed E-state index contributed by atoms with van der Waals surface area (Å²) in [4.78, 5) is 8.49. The van der Waals surface area contributed by atoms with E-state index in [1.165, 1.54) is 18.4 Å². The van der Waals surface area contributed by atoms with Crippen LogP contribution >= 0.6 is 0 Å². The van der Waals surface area contributed by atoms with Gasteiger partial charge in [-0.25, -0.2) is 14.4 Å². The summed E-state index contributed by atoms with van der Waals surface area (Å²) < 4.78 is 18.3. The van der Waals surface area contributed by atoms with Crippen LogP contribution in [0.15, 0.2) is 65.5 Å². The average Bonchev–Trinajstić information content (AvgIpc) is 3.12. The van der Waals surface area contributed by atoms with Crippen LogP contribution in [0.1, 0.15) is 29.3 Å². The first-order valence-electron chi connectivity index (χ1n) is 7.21. The van der Waals surface area contributed by atoms with Crippen LogP contribution in [0, 0.1) is 5.82 Å². The number of furan rings is 1. The summed E-state index contributed by atoms with van der Waals surface area (Å²) in [5, 5.41) is 13.3. The first-order chi connectivity index (χ1) is 11.2. The monoisotopic (exact) mass is 313 g/mol. The van der Waals surface area contributed by atoms with Gasteiger partial charge in [0.25, 0.3) is 0 Å². The Morgan fingerprint density at radius 2 is 1.83 bits per heavy atom. The molecule has 23 heavy (non-hydrogen) atoms. The third-order valence-electron chi connectivity index (χ3n) is 3.43. The van der Waals surface area contributed by atoms with Gasteiger partial charge in [0.2, 0.25) is 0 Å². The molecular weight excluding hydrogens is 297 g/mol. The Morgan fingerprint density at radius 1 is 1.09 bits per heavy atom. The van der Waals surface area contributed by atoms with Crippen molar-refractivity contribution in [3.05, 3.63) is 84.1 Å². The lowest BCUT2D eigenvalue weighted by atomic mass is 10.1. The number of aromatic nitrogens is 2. The van der Waals surface area contributed by atoms with Crippen molar-refractivity contribution >= 4 is 0 Å². The predicted molar refractivity (Wildman–Crippen MR) is 81.9 cm³/mol. The summed E-state index contributed by atoms with van der Waals surface area (Å²) in [6.07, 6.45) is 4.00. The molecule has 0 saturated carbocycles. The van der Waals surface area contributed by atoms with E-state index >= 15 is 0 Å². The summed E-state index contributed by atoms with van der Waals surface area (Å²) in [5.74, 6) is 0.715. The van der Waals surface area contributed by atoms with Crippen LogP contribution in [0.4, 0.5) is 4.39 Å². The fourth-order valence-electron chi connectivity index (χ4n) is 2.28. The molecule has 2 N–H and O–H groups in total. The van der Waals surface area contributed by atoms with E-state index in [4.69, 9.17) is 4.42 Å². The third kappa shape index (κ3) is 3.80. The van der Waals surface area contributed by atoms with Gasteiger partial charge in [0.1, 0.15) is 23.5 Å². The van der Waals surface area contributed by atoms with E-state index in [1.807, 2.05) is 0 Å². The number of benzene rings is 1. The fraction of sp³-hybridized carbons (Fsp3) is 0.176. The standard InChI is InChI=1S/C17H16FN3O2/c18-13-6-4-12(5-7-13)16(17-19-8-2-9-20-17)21-11-14(22)15-3-1-10-23-15/h1-10,14,16,21-22H,11H2/t14-,16+/m1/s1. The molecule has 0 spiro atoms. The van der Waals surface area contributed by atoms with Crippen molar-refractivity contribution in [1.29, 1.82) is 0 Å². The number of rotatable bonds is 6. The van der Waals surface area contributed by atoms with E-state index in [2.05, 4.69) is 15.3 Å². The van der Waals surface area contributed by atoms with Crippen molar-refractivity contribution in [1.82, 2.24) is 15.3 Å². The molecule has 0 saturated heterocycles. The SMILES string of the molecule is O[C@H](CN[C@@H](c1ccc(F)cc1)c1ncccn1)c1ccco1. The summed E-state index contributed by atoms with van der Waals surface area (Å²) in [6, 6.07) is 10.9. The molecule has 0 aliphatic heterocycles. The second-order valence-electron chi connectivity index (χ2n) is 5.03. The maximum absolute atomic E-state index is 13.1. The summed E-state index contributed by atoms with van der Waals surface area (Å²) >= 11 is 0. The van der Waals surface area contributed by atoms with Crippen LogP contribution < -0.4 is 5.32 Å². The van der Waals surface area contributed by atoms with Crippen LogP contribution in [0.2, 0.25) is 0 Å². The largest absolute Gasteiger partial charge is 0.467 e. The molecule has 0 aliphatic rings. The zero-order valence-corrected chi connectivity index (χ0v) is 12.3. The molecule has 0 unspecified atom stereocenters. The quantitative estimate of drug-likeness (QED) is 0.732. The molecule has 2 heterocycles. The summed E-state index contributed by atoms with van der Waals surface area (Å²) in [6.45, 7) is 0.244. The van der Waals surface area contributed by atoms with Crippen molar-refractivity contribution in [2.45, 2.75) is 12.1 Å². The molecule has 2 aromatic heterocycles. The van der Waals surface area contributed by atoms with E-state index in [9.17, 15) is 9.50 Å². The molecule has 0 radical (unpaired) electrons. The van der Waals surface area contributed by atoms with Gasteiger partial charge in [-0.3, -0.25) is 0 Å². The highest BCUT2D eigenvalue weighted by Gasteiger charge is 2.19. The zero-order chi connectivity index (χ0) is 16.1. The predicted octanol–water partition coefficient (Wildman–Crippen LogP) is 2.62. The molecule has 2 atom stereocenters. The lowest BCUT2D eigenvalue weighted by Gasteiger charge is -2.19. The molecule has 118 valence electrons. The molecule has 3 rings (SSSR count). The lowest BCUT2D eigenvalue weighted by molar-refractivity contribution is 0.144. The summed E-state index contributed by atoms with van der Waals surface area (Å²) in [7, 11) is 0. The Balaban J connectivity index is 1.79. The molecule has 0 aliphatic carbocycles. The Hall–Kier alpha value is -2.57. The fourth-order valence-corrected chi connectivity index (χ4v) is 2.28. The third-order valence-corrected chi connectivity index (χ3v) is 3.43.